The van der Waals surface area contributed by atoms with E-state index in [0.29, 0.717) is 5.69 Å². The summed E-state index contributed by atoms with van der Waals surface area (Å²) in [5.74, 6) is -0.163. The molecule has 0 bridgehead atoms. The zero-order chi connectivity index (χ0) is 20.1. The maximum Gasteiger partial charge on any atom is 0.232 e. The predicted octanol–water partition coefficient (Wildman–Crippen LogP) is 2.91. The molecule has 0 atom stereocenters. The number of nitrogens with zero attached hydrogens (tertiary/aromatic N) is 2. The first-order valence-corrected chi connectivity index (χ1v) is 10.9. The summed E-state index contributed by atoms with van der Waals surface area (Å²) in [6.07, 6.45) is 1.29. The summed E-state index contributed by atoms with van der Waals surface area (Å²) in [7, 11) is -3.48. The molecule has 1 N–H and O–H groups in total. The number of aryl methyl sites for hydroxylation is 1. The van der Waals surface area contributed by atoms with Gasteiger partial charge in [0, 0.05) is 37.3 Å². The smallest absolute Gasteiger partial charge is 0.232 e. The second-order valence-electron chi connectivity index (χ2n) is 7.53. The van der Waals surface area contributed by atoms with E-state index in [2.05, 4.69) is 24.1 Å². The predicted molar refractivity (Wildman–Crippen MR) is 109 cm³/mol. The summed E-state index contributed by atoms with van der Waals surface area (Å²) >= 11 is 0. The molecule has 0 spiro atoms. The molecule has 0 aliphatic rings. The molecule has 1 amide bonds. The normalized spacial score (nSPS) is 12.0. The van der Waals surface area contributed by atoms with Crippen LogP contribution in [-0.4, -0.2) is 45.8 Å². The van der Waals surface area contributed by atoms with Gasteiger partial charge in [-0.15, -0.1) is 0 Å². The average Bonchev–Trinajstić information content (AvgIpc) is 2.47. The number of amides is 1. The van der Waals surface area contributed by atoms with Crippen LogP contribution in [0.2, 0.25) is 0 Å². The summed E-state index contributed by atoms with van der Waals surface area (Å²) in [6.45, 7) is 13.7. The topological polar surface area (TPSA) is 69.7 Å². The molecule has 7 heteroatoms. The molecule has 148 valence electrons. The first-order chi connectivity index (χ1) is 11.9. The molecule has 0 fully saturated rings. The fraction of sp³-hybridized carbons (Fsp3) is 0.632. The van der Waals surface area contributed by atoms with Crippen LogP contribution in [0.4, 0.5) is 11.4 Å². The Kier molecular flexibility index (Phi) is 7.50. The van der Waals surface area contributed by atoms with Gasteiger partial charge >= 0.3 is 0 Å². The van der Waals surface area contributed by atoms with Crippen molar-refractivity contribution in [2.24, 2.45) is 0 Å². The van der Waals surface area contributed by atoms with Crippen molar-refractivity contribution >= 4 is 27.3 Å². The van der Waals surface area contributed by atoms with Gasteiger partial charge in [0.1, 0.15) is 0 Å². The first-order valence-electron chi connectivity index (χ1n) is 9.03. The largest absolute Gasteiger partial charge is 0.372 e. The van der Waals surface area contributed by atoms with Crippen LogP contribution in [-0.2, 0) is 14.8 Å². The SMILES string of the molecule is CCN(CC)c1ccc(N(CCC(=O)NC(C)(C)C)S(C)(=O)=O)c(C)c1. The minimum absolute atomic E-state index is 0.113. The molecule has 0 saturated carbocycles. The number of hydrogen-bond donors (Lipinski definition) is 1. The minimum atomic E-state index is -3.48. The zero-order valence-corrected chi connectivity index (χ0v) is 17.9. The highest BCUT2D eigenvalue weighted by Gasteiger charge is 2.22. The van der Waals surface area contributed by atoms with E-state index < -0.39 is 10.0 Å². The lowest BCUT2D eigenvalue weighted by Crippen LogP contribution is -2.42. The maximum absolute atomic E-state index is 12.3. The first kappa shape index (κ1) is 22.3. The number of anilines is 2. The number of carbonyl (C=O) groups is 1. The molecule has 0 aliphatic heterocycles. The van der Waals surface area contributed by atoms with Gasteiger partial charge in [-0.1, -0.05) is 0 Å². The highest BCUT2D eigenvalue weighted by Crippen LogP contribution is 2.27. The lowest BCUT2D eigenvalue weighted by molar-refractivity contribution is -0.122. The monoisotopic (exact) mass is 383 g/mol. The summed E-state index contributed by atoms with van der Waals surface area (Å²) in [6, 6.07) is 5.75. The minimum Gasteiger partial charge on any atom is -0.372 e. The molecule has 0 heterocycles. The van der Waals surface area contributed by atoms with Crippen LogP contribution in [0.3, 0.4) is 0 Å². The summed E-state index contributed by atoms with van der Waals surface area (Å²) < 4.78 is 25.9. The van der Waals surface area contributed by atoms with Crippen LogP contribution < -0.4 is 14.5 Å². The summed E-state index contributed by atoms with van der Waals surface area (Å²) in [5, 5.41) is 2.86. The van der Waals surface area contributed by atoms with Gasteiger partial charge in [-0.25, -0.2) is 8.42 Å². The third-order valence-corrected chi connectivity index (χ3v) is 5.21. The van der Waals surface area contributed by atoms with Crippen molar-refractivity contribution in [1.29, 1.82) is 0 Å². The van der Waals surface area contributed by atoms with Crippen molar-refractivity contribution in [2.75, 3.05) is 35.1 Å². The highest BCUT2D eigenvalue weighted by atomic mass is 32.2. The van der Waals surface area contributed by atoms with Crippen molar-refractivity contribution in [3.63, 3.8) is 0 Å². The second-order valence-corrected chi connectivity index (χ2v) is 9.43. The molecule has 6 nitrogen and oxygen atoms in total. The summed E-state index contributed by atoms with van der Waals surface area (Å²) in [4.78, 5) is 14.3. The Morgan fingerprint density at radius 2 is 1.73 bits per heavy atom. The lowest BCUT2D eigenvalue weighted by atomic mass is 10.1. The molecule has 0 radical (unpaired) electrons. The fourth-order valence-electron chi connectivity index (χ4n) is 2.85. The standard InChI is InChI=1S/C19H33N3O3S/c1-8-21(9-2)16-10-11-17(15(3)14-16)22(26(7,24)25)13-12-18(23)20-19(4,5)6/h10-11,14H,8-9,12-13H2,1-7H3,(H,20,23). The van der Waals surface area contributed by atoms with Gasteiger partial charge in [-0.05, 0) is 65.3 Å². The maximum atomic E-state index is 12.3. The Morgan fingerprint density at radius 1 is 1.15 bits per heavy atom. The Bertz CT molecular complexity index is 720. The van der Waals surface area contributed by atoms with Gasteiger partial charge in [0.25, 0.3) is 0 Å². The van der Waals surface area contributed by atoms with Gasteiger partial charge < -0.3 is 10.2 Å². The second kappa shape index (κ2) is 8.75. The molecule has 1 aromatic rings. The fourth-order valence-corrected chi connectivity index (χ4v) is 3.84. The van der Waals surface area contributed by atoms with Gasteiger partial charge in [0.15, 0.2) is 0 Å². The van der Waals surface area contributed by atoms with E-state index in [0.717, 1.165) is 24.3 Å². The average molecular weight is 384 g/mol. The van der Waals surface area contributed by atoms with Crippen molar-refractivity contribution < 1.29 is 13.2 Å². The van der Waals surface area contributed by atoms with E-state index >= 15 is 0 Å². The molecule has 26 heavy (non-hydrogen) atoms. The Balaban J connectivity index is 3.06. The van der Waals surface area contributed by atoms with E-state index in [1.54, 1.807) is 0 Å². The van der Waals surface area contributed by atoms with Crippen LogP contribution in [0.15, 0.2) is 18.2 Å². The van der Waals surface area contributed by atoms with Crippen molar-refractivity contribution in [1.82, 2.24) is 5.32 Å². The molecule has 0 unspecified atom stereocenters. The van der Waals surface area contributed by atoms with E-state index in [-0.39, 0.29) is 24.4 Å². The van der Waals surface area contributed by atoms with Gasteiger partial charge in [0.2, 0.25) is 15.9 Å². The van der Waals surface area contributed by atoms with Crippen LogP contribution in [0.5, 0.6) is 0 Å². The van der Waals surface area contributed by atoms with Crippen molar-refractivity contribution in [3.8, 4) is 0 Å². The number of hydrogen-bond acceptors (Lipinski definition) is 4. The highest BCUT2D eigenvalue weighted by molar-refractivity contribution is 7.92. The Labute approximate surface area is 158 Å². The summed E-state index contributed by atoms with van der Waals surface area (Å²) in [5.41, 5.74) is 2.21. The number of nitrogens with one attached hydrogen (secondary N) is 1. The number of benzene rings is 1. The van der Waals surface area contributed by atoms with Gasteiger partial charge in [-0.3, -0.25) is 9.10 Å². The van der Waals surface area contributed by atoms with Gasteiger partial charge in [-0.2, -0.15) is 0 Å². The molecular formula is C19H33N3O3S. The number of carbonyl (C=O) groups excluding carboxylic acids is 1. The molecule has 1 rings (SSSR count). The van der Waals surface area contributed by atoms with Gasteiger partial charge in [0.05, 0.1) is 11.9 Å². The van der Waals surface area contributed by atoms with E-state index in [1.807, 2.05) is 45.9 Å². The van der Waals surface area contributed by atoms with E-state index in [9.17, 15) is 13.2 Å². The van der Waals surface area contributed by atoms with Crippen LogP contribution in [0, 0.1) is 6.92 Å². The Morgan fingerprint density at radius 3 is 2.15 bits per heavy atom. The molecule has 1 aromatic carbocycles. The van der Waals surface area contributed by atoms with Crippen molar-refractivity contribution in [2.45, 2.75) is 53.5 Å². The number of rotatable bonds is 8. The van der Waals surface area contributed by atoms with Crippen LogP contribution in [0.25, 0.3) is 0 Å². The lowest BCUT2D eigenvalue weighted by Gasteiger charge is -2.27. The molecule has 0 saturated heterocycles. The molecule has 0 aliphatic carbocycles. The quantitative estimate of drug-likeness (QED) is 0.749. The zero-order valence-electron chi connectivity index (χ0n) is 17.1. The van der Waals surface area contributed by atoms with E-state index in [1.165, 1.54) is 10.6 Å². The third kappa shape index (κ3) is 6.52. The Hall–Kier alpha value is -1.76. The van der Waals surface area contributed by atoms with E-state index in [4.69, 9.17) is 0 Å². The molecule has 0 aromatic heterocycles. The molecular weight excluding hydrogens is 350 g/mol. The van der Waals surface area contributed by atoms with Crippen LogP contribution in [0.1, 0.15) is 46.6 Å². The van der Waals surface area contributed by atoms with Crippen molar-refractivity contribution in [3.05, 3.63) is 23.8 Å². The number of sulfonamides is 1. The third-order valence-electron chi connectivity index (χ3n) is 4.03. The van der Waals surface area contributed by atoms with Crippen LogP contribution >= 0.6 is 0 Å².